The summed E-state index contributed by atoms with van der Waals surface area (Å²) < 4.78 is 33.8. The molecule has 0 aromatic carbocycles. The van der Waals surface area contributed by atoms with E-state index in [9.17, 15) is 18.7 Å². The predicted octanol–water partition coefficient (Wildman–Crippen LogP) is 4.47. The van der Waals surface area contributed by atoms with Crippen molar-refractivity contribution in [1.82, 2.24) is 14.5 Å². The fourth-order valence-corrected chi connectivity index (χ4v) is 3.35. The van der Waals surface area contributed by atoms with Crippen LogP contribution >= 0.6 is 11.6 Å². The lowest BCUT2D eigenvalue weighted by atomic mass is 10.0. The van der Waals surface area contributed by atoms with E-state index in [4.69, 9.17) is 21.7 Å². The quantitative estimate of drug-likeness (QED) is 0.391. The fourth-order valence-electron chi connectivity index (χ4n) is 3.16. The molecule has 0 amide bonds. The molecule has 0 aliphatic heterocycles. The first kappa shape index (κ1) is 26.0. The molecule has 0 spiro atoms. The molecule has 3 aromatic heterocycles. The molecule has 0 saturated heterocycles. The summed E-state index contributed by atoms with van der Waals surface area (Å²) >= 11 is 6.29. The van der Waals surface area contributed by atoms with Crippen molar-refractivity contribution in [2.45, 2.75) is 39.9 Å². The molecule has 0 aliphatic carbocycles. The first-order valence-electron chi connectivity index (χ1n) is 10.4. The number of aliphatic hydroxyl groups is 1. The van der Waals surface area contributed by atoms with E-state index >= 15 is 0 Å². The average Bonchev–Trinajstić information content (AvgIpc) is 2.77. The van der Waals surface area contributed by atoms with Crippen molar-refractivity contribution in [2.75, 3.05) is 5.32 Å². The SMILES string of the molecule is Cc1cnc(N/C=C(\C=N)C(C)(C)O)cc1-n1c(C)cc(OCc2ncc(F)cc2F)c(Cl)c1=O. The normalized spacial score (nSPS) is 11.9. The van der Waals surface area contributed by atoms with E-state index in [1.807, 2.05) is 0 Å². The summed E-state index contributed by atoms with van der Waals surface area (Å²) in [4.78, 5) is 21.1. The van der Waals surface area contributed by atoms with Crippen LogP contribution < -0.4 is 15.6 Å². The van der Waals surface area contributed by atoms with Crippen molar-refractivity contribution >= 4 is 23.6 Å². The van der Waals surface area contributed by atoms with E-state index in [0.29, 0.717) is 34.4 Å². The van der Waals surface area contributed by atoms with Gasteiger partial charge in [-0.25, -0.2) is 13.8 Å². The molecule has 3 aromatic rings. The van der Waals surface area contributed by atoms with Gasteiger partial charge in [-0.2, -0.15) is 0 Å². The second-order valence-corrected chi connectivity index (χ2v) is 8.66. The first-order chi connectivity index (χ1) is 16.4. The van der Waals surface area contributed by atoms with Crippen LogP contribution in [-0.2, 0) is 6.61 Å². The summed E-state index contributed by atoms with van der Waals surface area (Å²) in [7, 11) is 0. The molecular formula is C24H24ClF2N5O3. The average molecular weight is 504 g/mol. The molecule has 0 atom stereocenters. The highest BCUT2D eigenvalue weighted by molar-refractivity contribution is 6.31. The number of nitrogens with one attached hydrogen (secondary N) is 2. The Morgan fingerprint density at radius 2 is 1.97 bits per heavy atom. The number of hydrogen-bond donors (Lipinski definition) is 3. The van der Waals surface area contributed by atoms with Crippen molar-refractivity contribution in [3.05, 3.63) is 86.3 Å². The number of pyridine rings is 3. The van der Waals surface area contributed by atoms with Gasteiger partial charge in [-0.3, -0.25) is 14.3 Å². The smallest absolute Gasteiger partial charge is 0.277 e. The van der Waals surface area contributed by atoms with E-state index in [1.165, 1.54) is 16.8 Å². The number of hydrogen-bond acceptors (Lipinski definition) is 7. The molecule has 184 valence electrons. The Labute approximate surface area is 205 Å². The third-order valence-electron chi connectivity index (χ3n) is 5.10. The van der Waals surface area contributed by atoms with Crippen LogP contribution in [0.4, 0.5) is 14.6 Å². The number of rotatable bonds is 8. The Morgan fingerprint density at radius 3 is 2.60 bits per heavy atom. The van der Waals surface area contributed by atoms with Gasteiger partial charge in [0, 0.05) is 48.1 Å². The maximum atomic E-state index is 13.9. The van der Waals surface area contributed by atoms with Crippen LogP contribution in [0.25, 0.3) is 5.69 Å². The van der Waals surface area contributed by atoms with Crippen molar-refractivity contribution < 1.29 is 18.6 Å². The molecule has 0 fully saturated rings. The summed E-state index contributed by atoms with van der Waals surface area (Å²) in [6.07, 6.45) is 4.91. The largest absolute Gasteiger partial charge is 0.485 e. The van der Waals surface area contributed by atoms with Crippen molar-refractivity contribution in [3.63, 3.8) is 0 Å². The van der Waals surface area contributed by atoms with E-state index in [1.54, 1.807) is 40.0 Å². The minimum Gasteiger partial charge on any atom is -0.485 e. The van der Waals surface area contributed by atoms with Gasteiger partial charge in [0.2, 0.25) is 0 Å². The van der Waals surface area contributed by atoms with Gasteiger partial charge < -0.3 is 20.6 Å². The number of aromatic nitrogens is 3. The van der Waals surface area contributed by atoms with Gasteiger partial charge in [-0.15, -0.1) is 0 Å². The lowest BCUT2D eigenvalue weighted by Crippen LogP contribution is -2.24. The molecule has 35 heavy (non-hydrogen) atoms. The lowest BCUT2D eigenvalue weighted by molar-refractivity contribution is 0.126. The number of ether oxygens (including phenoxy) is 1. The number of nitrogens with zero attached hydrogens (tertiary/aromatic N) is 3. The number of halogens is 3. The Bertz CT molecular complexity index is 1370. The minimum absolute atomic E-state index is 0.0322. The highest BCUT2D eigenvalue weighted by Crippen LogP contribution is 2.26. The van der Waals surface area contributed by atoms with Crippen molar-refractivity contribution in [2.24, 2.45) is 0 Å². The van der Waals surface area contributed by atoms with Gasteiger partial charge in [0.15, 0.2) is 5.82 Å². The maximum absolute atomic E-state index is 13.9. The van der Waals surface area contributed by atoms with Gasteiger partial charge in [-0.05, 0) is 33.3 Å². The molecule has 3 heterocycles. The zero-order chi connectivity index (χ0) is 25.9. The number of aryl methyl sites for hydroxylation is 2. The van der Waals surface area contributed by atoms with Gasteiger partial charge in [0.25, 0.3) is 5.56 Å². The molecule has 3 rings (SSSR count). The summed E-state index contributed by atoms with van der Waals surface area (Å²) in [5.74, 6) is -1.28. The summed E-state index contributed by atoms with van der Waals surface area (Å²) in [5.41, 5.74) is 0.0568. The lowest BCUT2D eigenvalue weighted by Gasteiger charge is -2.19. The van der Waals surface area contributed by atoms with Crippen LogP contribution in [0, 0.1) is 30.9 Å². The fraction of sp³-hybridized carbons (Fsp3) is 0.250. The zero-order valence-corrected chi connectivity index (χ0v) is 20.2. The Morgan fingerprint density at radius 1 is 1.26 bits per heavy atom. The van der Waals surface area contributed by atoms with Gasteiger partial charge in [-0.1, -0.05) is 11.6 Å². The first-order valence-corrected chi connectivity index (χ1v) is 10.8. The third-order valence-corrected chi connectivity index (χ3v) is 5.45. The van der Waals surface area contributed by atoms with Crippen LogP contribution in [-0.4, -0.2) is 31.5 Å². The second kappa shape index (κ2) is 10.3. The molecule has 0 radical (unpaired) electrons. The van der Waals surface area contributed by atoms with Gasteiger partial charge in [0.05, 0.1) is 17.5 Å². The van der Waals surface area contributed by atoms with Gasteiger partial charge >= 0.3 is 0 Å². The van der Waals surface area contributed by atoms with Crippen molar-refractivity contribution in [1.29, 1.82) is 5.41 Å². The van der Waals surface area contributed by atoms with Crippen LogP contribution in [0.3, 0.4) is 0 Å². The highest BCUT2D eigenvalue weighted by Gasteiger charge is 2.19. The van der Waals surface area contributed by atoms with Crippen LogP contribution in [0.1, 0.15) is 30.8 Å². The van der Waals surface area contributed by atoms with E-state index in [-0.39, 0.29) is 23.1 Å². The standard InChI is InChI=1S/C24H24ClF2N5O3/c1-13-9-30-21(31-10-15(8-28)24(3,4)34)7-19(13)32-14(2)5-20(22(25)23(32)33)35-12-18-17(27)6-16(26)11-29-18/h5-11,28,34H,12H2,1-4H3,(H,30,31)/b15-10+,28-8?. The van der Waals surface area contributed by atoms with E-state index in [0.717, 1.165) is 12.4 Å². The third kappa shape index (κ3) is 5.90. The number of anilines is 1. The predicted molar refractivity (Wildman–Crippen MR) is 130 cm³/mol. The Hall–Kier alpha value is -3.63. The highest BCUT2D eigenvalue weighted by atomic mass is 35.5. The van der Waals surface area contributed by atoms with Crippen LogP contribution in [0.15, 0.2) is 47.2 Å². The summed E-state index contributed by atoms with van der Waals surface area (Å²) in [5, 5.41) is 20.3. The monoisotopic (exact) mass is 503 g/mol. The van der Waals surface area contributed by atoms with Crippen LogP contribution in [0.2, 0.25) is 5.02 Å². The summed E-state index contributed by atoms with van der Waals surface area (Å²) in [6.45, 7) is 6.20. The Kier molecular flexibility index (Phi) is 7.67. The maximum Gasteiger partial charge on any atom is 0.277 e. The zero-order valence-electron chi connectivity index (χ0n) is 19.5. The minimum atomic E-state index is -1.23. The second-order valence-electron chi connectivity index (χ2n) is 8.28. The molecule has 0 aliphatic rings. The molecule has 3 N–H and O–H groups in total. The van der Waals surface area contributed by atoms with Gasteiger partial charge in [0.1, 0.15) is 34.7 Å². The summed E-state index contributed by atoms with van der Waals surface area (Å²) in [6, 6.07) is 3.84. The topological polar surface area (TPSA) is 113 Å². The van der Waals surface area contributed by atoms with Crippen LogP contribution in [0.5, 0.6) is 5.75 Å². The van der Waals surface area contributed by atoms with Crippen molar-refractivity contribution in [3.8, 4) is 11.4 Å². The van der Waals surface area contributed by atoms with E-state index < -0.39 is 22.8 Å². The Balaban J connectivity index is 1.94. The molecule has 11 heteroatoms. The molecule has 0 unspecified atom stereocenters. The van der Waals surface area contributed by atoms with E-state index in [2.05, 4.69) is 15.3 Å². The molecule has 0 saturated carbocycles. The molecule has 8 nitrogen and oxygen atoms in total. The molecular weight excluding hydrogens is 480 g/mol. The molecule has 0 bridgehead atoms.